The van der Waals surface area contributed by atoms with Gasteiger partial charge in [0.15, 0.2) is 0 Å². The third-order valence-electron chi connectivity index (χ3n) is 10.4. The molecule has 0 saturated carbocycles. The maximum atomic E-state index is 5.23. The minimum absolute atomic E-state index is 0.103. The number of fused-ring (bicyclic) bond motifs is 2. The molecule has 48 heavy (non-hydrogen) atoms. The molecule has 2 heteroatoms. The highest BCUT2D eigenvalue weighted by atomic mass is 15.3. The Morgan fingerprint density at radius 3 is 1.98 bits per heavy atom. The van der Waals surface area contributed by atoms with Gasteiger partial charge < -0.3 is 4.90 Å². The van der Waals surface area contributed by atoms with E-state index in [2.05, 4.69) is 190 Å². The van der Waals surface area contributed by atoms with Crippen LogP contribution in [0.2, 0.25) is 0 Å². The van der Waals surface area contributed by atoms with Gasteiger partial charge in [0.25, 0.3) is 0 Å². The Balaban J connectivity index is 1.35. The van der Waals surface area contributed by atoms with Crippen LogP contribution < -0.4 is 15.3 Å². The van der Waals surface area contributed by atoms with Crippen molar-refractivity contribution in [3.05, 3.63) is 197 Å². The van der Waals surface area contributed by atoms with Crippen molar-refractivity contribution in [3.8, 4) is 11.1 Å². The van der Waals surface area contributed by atoms with E-state index in [1.165, 1.54) is 49.4 Å². The van der Waals surface area contributed by atoms with Gasteiger partial charge in [0.05, 0.1) is 11.6 Å². The average Bonchev–Trinajstić information content (AvgIpc) is 3.40. The summed E-state index contributed by atoms with van der Waals surface area (Å²) < 4.78 is 0. The third-order valence-corrected chi connectivity index (χ3v) is 10.4. The molecule has 8 rings (SSSR count). The molecule has 3 atom stereocenters. The van der Waals surface area contributed by atoms with E-state index in [1.54, 1.807) is 0 Å². The molecule has 0 fully saturated rings. The number of nitrogens with zero attached hydrogens (tertiary/aromatic N) is 2. The van der Waals surface area contributed by atoms with Crippen LogP contribution >= 0.6 is 0 Å². The lowest BCUT2D eigenvalue weighted by molar-refractivity contribution is 0.515. The summed E-state index contributed by atoms with van der Waals surface area (Å²) in [5, 5.41) is 2.62. The molecule has 3 unspecified atom stereocenters. The maximum Gasteiger partial charge on any atom is 0.136 e. The second-order valence-electron chi connectivity index (χ2n) is 13.2. The number of benzene rings is 5. The molecule has 0 saturated heterocycles. The Kier molecular flexibility index (Phi) is 7.65. The average molecular weight is 621 g/mol. The minimum atomic E-state index is -0.280. The Labute approximate surface area is 284 Å². The van der Waals surface area contributed by atoms with E-state index in [1.807, 2.05) is 0 Å². The first-order valence-corrected chi connectivity index (χ1v) is 17.1. The van der Waals surface area contributed by atoms with Gasteiger partial charge in [-0.05, 0) is 94.8 Å². The minimum Gasteiger partial charge on any atom is -0.315 e. The number of anilines is 1. The SMILES string of the molecule is C/C=C\C1(C)C(C)N=C(c2ccccc2)N1c1ccc(C2=c3cc(-c4ccccc4)ccc3=C(c3ccccc3)C3CC=CC=C23)cc1. The van der Waals surface area contributed by atoms with Crippen LogP contribution in [0.15, 0.2) is 174 Å². The Morgan fingerprint density at radius 1 is 0.688 bits per heavy atom. The number of aliphatic imine (C=N–C) groups is 1. The number of hydrogen-bond donors (Lipinski definition) is 0. The number of allylic oxidation sites excluding steroid dienone is 5. The number of rotatable bonds is 6. The van der Waals surface area contributed by atoms with Crippen molar-refractivity contribution >= 4 is 22.7 Å². The van der Waals surface area contributed by atoms with Crippen molar-refractivity contribution in [1.82, 2.24) is 0 Å². The summed E-state index contributed by atoms with van der Waals surface area (Å²) in [5.41, 5.74) is 11.1. The highest BCUT2D eigenvalue weighted by Gasteiger charge is 2.43. The highest BCUT2D eigenvalue weighted by molar-refractivity contribution is 6.13. The predicted octanol–water partition coefficient (Wildman–Crippen LogP) is 9.26. The van der Waals surface area contributed by atoms with E-state index >= 15 is 0 Å². The quantitative estimate of drug-likeness (QED) is 0.173. The standard InChI is InChI=1S/C46H40N2/c1-4-30-46(3)32(2)47-45(36-20-12-7-13-21-36)48(46)38-27-24-35(25-28-38)44-40-23-15-14-22-39(40)43(34-18-10-6-11-19-34)41-29-26-37(31-42(41)44)33-16-8-5-9-17-33/h4-21,23-32,39H,22H2,1-3H3/b30-4-. The van der Waals surface area contributed by atoms with Crippen molar-refractivity contribution in [2.75, 3.05) is 4.90 Å². The van der Waals surface area contributed by atoms with Crippen LogP contribution in [0.4, 0.5) is 5.69 Å². The van der Waals surface area contributed by atoms with Gasteiger partial charge in [-0.25, -0.2) is 0 Å². The predicted molar refractivity (Wildman–Crippen MR) is 203 cm³/mol. The van der Waals surface area contributed by atoms with Gasteiger partial charge in [0.1, 0.15) is 5.84 Å². The highest BCUT2D eigenvalue weighted by Crippen LogP contribution is 2.42. The Morgan fingerprint density at radius 2 is 1.31 bits per heavy atom. The molecule has 1 aliphatic heterocycles. The van der Waals surface area contributed by atoms with Gasteiger partial charge in [-0.3, -0.25) is 4.99 Å². The largest absolute Gasteiger partial charge is 0.315 e. The zero-order valence-corrected chi connectivity index (χ0v) is 27.8. The van der Waals surface area contributed by atoms with E-state index in [9.17, 15) is 0 Å². The normalized spacial score (nSPS) is 21.6. The summed E-state index contributed by atoms with van der Waals surface area (Å²) in [5.74, 6) is 1.30. The summed E-state index contributed by atoms with van der Waals surface area (Å²) >= 11 is 0. The fraction of sp³-hybridized carbons (Fsp3) is 0.152. The van der Waals surface area contributed by atoms with Crippen molar-refractivity contribution in [3.63, 3.8) is 0 Å². The Hall–Kier alpha value is -5.47. The zero-order chi connectivity index (χ0) is 32.7. The van der Waals surface area contributed by atoms with Gasteiger partial charge >= 0.3 is 0 Å². The molecule has 234 valence electrons. The smallest absolute Gasteiger partial charge is 0.136 e. The van der Waals surface area contributed by atoms with Crippen molar-refractivity contribution in [1.29, 1.82) is 0 Å². The van der Waals surface area contributed by atoms with Gasteiger partial charge in [-0.15, -0.1) is 0 Å². The lowest BCUT2D eigenvalue weighted by Gasteiger charge is -2.38. The maximum absolute atomic E-state index is 5.23. The second-order valence-corrected chi connectivity index (χ2v) is 13.2. The van der Waals surface area contributed by atoms with Crippen LogP contribution in [-0.4, -0.2) is 17.4 Å². The first kappa shape index (κ1) is 29.9. The van der Waals surface area contributed by atoms with Crippen molar-refractivity contribution < 1.29 is 0 Å². The Bertz CT molecular complexity index is 2220. The fourth-order valence-corrected chi connectivity index (χ4v) is 7.90. The van der Waals surface area contributed by atoms with Gasteiger partial charge in [0, 0.05) is 17.2 Å². The van der Waals surface area contributed by atoms with Gasteiger partial charge in [0.2, 0.25) is 0 Å². The first-order chi connectivity index (χ1) is 23.6. The van der Waals surface area contributed by atoms with Gasteiger partial charge in [-0.2, -0.15) is 0 Å². The molecule has 0 N–H and O–H groups in total. The van der Waals surface area contributed by atoms with E-state index < -0.39 is 0 Å². The molecule has 1 heterocycles. The molecule has 5 aromatic carbocycles. The second kappa shape index (κ2) is 12.3. The summed E-state index contributed by atoms with van der Waals surface area (Å²) in [6.07, 6.45) is 12.4. The van der Waals surface area contributed by atoms with E-state index in [-0.39, 0.29) is 17.5 Å². The molecule has 0 spiro atoms. The van der Waals surface area contributed by atoms with E-state index in [0.29, 0.717) is 0 Å². The molecule has 5 aromatic rings. The summed E-state index contributed by atoms with van der Waals surface area (Å²) in [7, 11) is 0. The van der Waals surface area contributed by atoms with Crippen LogP contribution in [0.3, 0.4) is 0 Å². The lowest BCUT2D eigenvalue weighted by atomic mass is 9.72. The molecule has 0 aromatic heterocycles. The van der Waals surface area contributed by atoms with E-state index in [0.717, 1.165) is 23.5 Å². The van der Waals surface area contributed by atoms with Gasteiger partial charge in [-0.1, -0.05) is 146 Å². The van der Waals surface area contributed by atoms with Crippen LogP contribution in [0.1, 0.15) is 43.9 Å². The third kappa shape index (κ3) is 5.00. The molecular formula is C46H40N2. The lowest BCUT2D eigenvalue weighted by Crippen LogP contribution is -2.49. The van der Waals surface area contributed by atoms with Crippen LogP contribution in [-0.2, 0) is 0 Å². The van der Waals surface area contributed by atoms with Crippen LogP contribution in [0.25, 0.3) is 22.3 Å². The molecule has 0 amide bonds. The van der Waals surface area contributed by atoms with Crippen LogP contribution in [0.5, 0.6) is 0 Å². The van der Waals surface area contributed by atoms with Crippen molar-refractivity contribution in [2.24, 2.45) is 10.9 Å². The van der Waals surface area contributed by atoms with Crippen molar-refractivity contribution in [2.45, 2.75) is 38.8 Å². The summed E-state index contributed by atoms with van der Waals surface area (Å²) in [4.78, 5) is 7.65. The summed E-state index contributed by atoms with van der Waals surface area (Å²) in [6.45, 7) is 6.62. The topological polar surface area (TPSA) is 15.6 Å². The fourth-order valence-electron chi connectivity index (χ4n) is 7.90. The number of amidine groups is 1. The molecule has 0 radical (unpaired) electrons. The monoisotopic (exact) mass is 620 g/mol. The number of hydrogen-bond acceptors (Lipinski definition) is 2. The molecule has 2 nitrogen and oxygen atoms in total. The first-order valence-electron chi connectivity index (χ1n) is 17.1. The molecule has 3 aliphatic rings. The molecule has 0 bridgehead atoms. The molecule has 2 aliphatic carbocycles. The zero-order valence-electron chi connectivity index (χ0n) is 27.8. The summed E-state index contributed by atoms with van der Waals surface area (Å²) in [6, 6.07) is 48.7. The molecular weight excluding hydrogens is 581 g/mol. The van der Waals surface area contributed by atoms with E-state index in [4.69, 9.17) is 4.99 Å². The van der Waals surface area contributed by atoms with Crippen LogP contribution in [0, 0.1) is 5.92 Å².